The van der Waals surface area contributed by atoms with Gasteiger partial charge in [-0.15, -0.1) is 0 Å². The number of pyridine rings is 1. The van der Waals surface area contributed by atoms with Crippen LogP contribution in [0.2, 0.25) is 0 Å². The van der Waals surface area contributed by atoms with E-state index >= 15 is 0 Å². The third-order valence-corrected chi connectivity index (χ3v) is 5.38. The zero-order valence-corrected chi connectivity index (χ0v) is 18.3. The molecular formula is C22H26FN5O4. The zero-order chi connectivity index (χ0) is 22.9. The SMILES string of the molecule is CC(=O)C1CN(c2ncc(N3CC[C@@H](Oc4ccc(OCC(C)(C)F)nc4)C3=O)cn2)C1. The maximum absolute atomic E-state index is 13.5. The average molecular weight is 443 g/mol. The molecule has 9 nitrogen and oxygen atoms in total. The summed E-state index contributed by atoms with van der Waals surface area (Å²) >= 11 is 0. The van der Waals surface area contributed by atoms with Crippen LogP contribution in [0.3, 0.4) is 0 Å². The van der Waals surface area contributed by atoms with Crippen molar-refractivity contribution >= 4 is 23.3 Å². The zero-order valence-electron chi connectivity index (χ0n) is 18.3. The first kappa shape index (κ1) is 21.9. The summed E-state index contributed by atoms with van der Waals surface area (Å²) in [4.78, 5) is 40.5. The second-order valence-corrected chi connectivity index (χ2v) is 8.68. The van der Waals surface area contributed by atoms with Gasteiger partial charge in [0.1, 0.15) is 23.8 Å². The Morgan fingerprint density at radius 1 is 1.19 bits per heavy atom. The Balaban J connectivity index is 1.31. The van der Waals surface area contributed by atoms with E-state index in [0.29, 0.717) is 43.4 Å². The molecule has 4 heterocycles. The van der Waals surface area contributed by atoms with Crippen LogP contribution in [0, 0.1) is 5.92 Å². The lowest BCUT2D eigenvalue weighted by molar-refractivity contribution is -0.123. The molecule has 2 fully saturated rings. The Bertz CT molecular complexity index is 971. The molecule has 0 saturated carbocycles. The van der Waals surface area contributed by atoms with E-state index in [1.54, 1.807) is 36.4 Å². The molecule has 10 heteroatoms. The quantitative estimate of drug-likeness (QED) is 0.613. The van der Waals surface area contributed by atoms with Gasteiger partial charge < -0.3 is 19.3 Å². The molecule has 0 aromatic carbocycles. The maximum Gasteiger partial charge on any atom is 0.268 e. The summed E-state index contributed by atoms with van der Waals surface area (Å²) in [5.74, 6) is 1.31. The molecule has 2 aromatic rings. The van der Waals surface area contributed by atoms with Crippen molar-refractivity contribution in [3.8, 4) is 11.6 Å². The van der Waals surface area contributed by atoms with Gasteiger partial charge in [0.25, 0.3) is 5.91 Å². The van der Waals surface area contributed by atoms with Crippen molar-refractivity contribution in [1.29, 1.82) is 0 Å². The summed E-state index contributed by atoms with van der Waals surface area (Å²) in [5, 5.41) is 0. The Morgan fingerprint density at radius 3 is 2.50 bits per heavy atom. The van der Waals surface area contributed by atoms with Gasteiger partial charge in [0, 0.05) is 32.1 Å². The van der Waals surface area contributed by atoms with Crippen LogP contribution >= 0.6 is 0 Å². The Morgan fingerprint density at radius 2 is 1.91 bits per heavy atom. The van der Waals surface area contributed by atoms with Gasteiger partial charge in [-0.2, -0.15) is 0 Å². The second kappa shape index (κ2) is 8.68. The Hall–Kier alpha value is -3.30. The standard InChI is InChI=1S/C22H26FN5O4/c1-14(29)15-11-27(12-15)21-25-8-16(9-26-21)28-7-6-18(20(28)30)32-17-4-5-19(24-10-17)31-13-22(2,3)23/h4-5,8-10,15,18H,6-7,11-13H2,1-3H3/t18-/m1/s1. The van der Waals surface area contributed by atoms with E-state index in [1.807, 2.05) is 4.90 Å². The van der Waals surface area contributed by atoms with E-state index in [0.717, 1.165) is 0 Å². The Kier molecular flexibility index (Phi) is 5.94. The van der Waals surface area contributed by atoms with E-state index < -0.39 is 11.8 Å². The van der Waals surface area contributed by atoms with Gasteiger partial charge in [0.15, 0.2) is 6.10 Å². The summed E-state index contributed by atoms with van der Waals surface area (Å²) in [6, 6.07) is 3.22. The van der Waals surface area contributed by atoms with Gasteiger partial charge in [-0.05, 0) is 26.8 Å². The molecule has 2 aliphatic rings. The molecule has 0 aliphatic carbocycles. The highest BCUT2D eigenvalue weighted by atomic mass is 19.1. The van der Waals surface area contributed by atoms with Crippen LogP contribution in [0.1, 0.15) is 27.2 Å². The molecule has 32 heavy (non-hydrogen) atoms. The molecule has 2 saturated heterocycles. The molecule has 1 atom stereocenters. The smallest absolute Gasteiger partial charge is 0.268 e. The van der Waals surface area contributed by atoms with E-state index in [2.05, 4.69) is 15.0 Å². The normalized spacial score (nSPS) is 19.1. The maximum atomic E-state index is 13.5. The van der Waals surface area contributed by atoms with Crippen molar-refractivity contribution in [2.24, 2.45) is 5.92 Å². The van der Waals surface area contributed by atoms with E-state index in [9.17, 15) is 14.0 Å². The van der Waals surface area contributed by atoms with Gasteiger partial charge >= 0.3 is 0 Å². The second-order valence-electron chi connectivity index (χ2n) is 8.68. The number of ketones is 1. The molecule has 0 spiro atoms. The van der Waals surface area contributed by atoms with Crippen molar-refractivity contribution in [3.05, 3.63) is 30.7 Å². The fourth-order valence-corrected chi connectivity index (χ4v) is 3.47. The van der Waals surface area contributed by atoms with E-state index in [-0.39, 0.29) is 30.1 Å². The summed E-state index contributed by atoms with van der Waals surface area (Å²) in [6.07, 6.45) is 4.56. The van der Waals surface area contributed by atoms with E-state index in [4.69, 9.17) is 9.47 Å². The fraction of sp³-hybridized carbons (Fsp3) is 0.500. The number of hydrogen-bond acceptors (Lipinski definition) is 8. The first-order valence-corrected chi connectivity index (χ1v) is 10.5. The van der Waals surface area contributed by atoms with Crippen LogP contribution in [0.4, 0.5) is 16.0 Å². The summed E-state index contributed by atoms with van der Waals surface area (Å²) in [6.45, 7) is 6.07. The lowest BCUT2D eigenvalue weighted by Crippen LogP contribution is -2.50. The van der Waals surface area contributed by atoms with Gasteiger partial charge in [-0.25, -0.2) is 19.3 Å². The molecular weight excluding hydrogens is 417 g/mol. The number of amides is 1. The molecule has 4 rings (SSSR count). The topological polar surface area (TPSA) is 97.8 Å². The van der Waals surface area contributed by atoms with Gasteiger partial charge in [-0.1, -0.05) is 0 Å². The van der Waals surface area contributed by atoms with Crippen molar-refractivity contribution in [2.75, 3.05) is 36.0 Å². The predicted molar refractivity (Wildman–Crippen MR) is 115 cm³/mol. The minimum Gasteiger partial charge on any atom is -0.479 e. The molecule has 0 N–H and O–H groups in total. The van der Waals surface area contributed by atoms with Crippen LogP contribution in [-0.4, -0.2) is 64.7 Å². The summed E-state index contributed by atoms with van der Waals surface area (Å²) < 4.78 is 24.6. The first-order valence-electron chi connectivity index (χ1n) is 10.5. The summed E-state index contributed by atoms with van der Waals surface area (Å²) in [5.41, 5.74) is -0.853. The third kappa shape index (κ3) is 4.95. The average Bonchev–Trinajstić information content (AvgIpc) is 3.06. The highest BCUT2D eigenvalue weighted by Gasteiger charge is 2.36. The number of halogens is 1. The predicted octanol–water partition coefficient (Wildman–Crippen LogP) is 2.21. The molecule has 2 aromatic heterocycles. The summed E-state index contributed by atoms with van der Waals surface area (Å²) in [7, 11) is 0. The number of alkyl halides is 1. The highest BCUT2D eigenvalue weighted by Crippen LogP contribution is 2.27. The molecule has 0 unspecified atom stereocenters. The van der Waals surface area contributed by atoms with Crippen LogP contribution < -0.4 is 19.3 Å². The van der Waals surface area contributed by atoms with Gasteiger partial charge in [0.05, 0.1) is 30.2 Å². The lowest BCUT2D eigenvalue weighted by atomic mass is 9.97. The highest BCUT2D eigenvalue weighted by molar-refractivity contribution is 5.98. The van der Waals surface area contributed by atoms with Crippen molar-refractivity contribution < 1.29 is 23.5 Å². The monoisotopic (exact) mass is 443 g/mol. The number of ether oxygens (including phenoxy) is 2. The third-order valence-electron chi connectivity index (χ3n) is 5.38. The number of rotatable bonds is 8. The molecule has 1 amide bonds. The molecule has 170 valence electrons. The van der Waals surface area contributed by atoms with Crippen LogP contribution in [0.5, 0.6) is 11.6 Å². The Labute approximate surface area is 185 Å². The number of hydrogen-bond donors (Lipinski definition) is 0. The molecule has 0 radical (unpaired) electrons. The van der Waals surface area contributed by atoms with Crippen LogP contribution in [-0.2, 0) is 9.59 Å². The number of aromatic nitrogens is 3. The van der Waals surface area contributed by atoms with Crippen molar-refractivity contribution in [2.45, 2.75) is 39.0 Å². The number of carbonyl (C=O) groups excluding carboxylic acids is 2. The van der Waals surface area contributed by atoms with Crippen molar-refractivity contribution in [3.63, 3.8) is 0 Å². The first-order chi connectivity index (χ1) is 15.2. The molecule has 0 bridgehead atoms. The minimum atomic E-state index is -1.45. The van der Waals surface area contributed by atoms with Gasteiger partial charge in [-0.3, -0.25) is 9.59 Å². The van der Waals surface area contributed by atoms with E-state index in [1.165, 1.54) is 20.0 Å². The van der Waals surface area contributed by atoms with Crippen molar-refractivity contribution in [1.82, 2.24) is 15.0 Å². The molecule has 2 aliphatic heterocycles. The van der Waals surface area contributed by atoms with Crippen LogP contribution in [0.15, 0.2) is 30.7 Å². The minimum absolute atomic E-state index is 0.0435. The number of anilines is 2. The largest absolute Gasteiger partial charge is 0.479 e. The fourth-order valence-electron chi connectivity index (χ4n) is 3.47. The van der Waals surface area contributed by atoms with Gasteiger partial charge in [0.2, 0.25) is 11.8 Å². The number of Topliss-reactive ketones (excluding diaryl/α,β-unsaturated/α-hetero) is 1. The number of nitrogens with zero attached hydrogens (tertiary/aromatic N) is 5. The van der Waals surface area contributed by atoms with Crippen LogP contribution in [0.25, 0.3) is 0 Å². The lowest BCUT2D eigenvalue weighted by Gasteiger charge is -2.37. The number of carbonyl (C=O) groups is 2.